The lowest BCUT2D eigenvalue weighted by atomic mass is 10.0. The molecule has 1 aliphatic heterocycles. The molecule has 3 unspecified atom stereocenters. The van der Waals surface area contributed by atoms with Gasteiger partial charge in [0.2, 0.25) is 0 Å². The van der Waals surface area contributed by atoms with Crippen LogP contribution in [0.2, 0.25) is 0 Å². The normalized spacial score (nSPS) is 22.6. The number of imidazole rings is 1. The van der Waals surface area contributed by atoms with E-state index in [1.54, 1.807) is 24.3 Å². The molecular formula is C20H26N5O13P3S2. The smallest absolute Gasteiger partial charge is 0.456 e. The zero-order valence-electron chi connectivity index (χ0n) is 22.2. The number of carbonyl (C=O) groups is 1. The van der Waals surface area contributed by atoms with E-state index in [4.69, 9.17) is 29.5 Å². The van der Waals surface area contributed by atoms with Crippen molar-refractivity contribution >= 4 is 68.0 Å². The standard InChI is InChI=1S/C20H26N5O13P3S2/c1-11(43-42-2)12-5-3-4-6-13(12)20(26)36-14-7-16(25-10-24-17-18(21)22-9-23-19(17)25)35-15(14)8-34-40(30,31)38-41(32,33)37-39(27,28)29/h3-6,9-11,14-16H,7-8H2,1-2H3,(H,30,31)(H,32,33)(H2,21,22,23)(H2,27,28,29)/t11?,14-,15-,16-/m1/s1. The van der Waals surface area contributed by atoms with E-state index in [0.717, 1.165) is 0 Å². The van der Waals surface area contributed by atoms with Crippen molar-refractivity contribution in [2.24, 2.45) is 0 Å². The molecule has 0 spiro atoms. The number of hydrogen-bond donors (Lipinski definition) is 5. The van der Waals surface area contributed by atoms with Crippen LogP contribution >= 0.6 is 45.1 Å². The van der Waals surface area contributed by atoms with Crippen LogP contribution in [0, 0.1) is 0 Å². The van der Waals surface area contributed by atoms with E-state index >= 15 is 0 Å². The van der Waals surface area contributed by atoms with Gasteiger partial charge in [0, 0.05) is 11.7 Å². The van der Waals surface area contributed by atoms with Crippen molar-refractivity contribution in [1.82, 2.24) is 19.5 Å². The van der Waals surface area contributed by atoms with Crippen molar-refractivity contribution in [3.8, 4) is 0 Å². The third kappa shape index (κ3) is 8.85. The predicted molar refractivity (Wildman–Crippen MR) is 153 cm³/mol. The molecule has 18 nitrogen and oxygen atoms in total. The summed E-state index contributed by atoms with van der Waals surface area (Å²) in [6.07, 6.45) is 1.16. The first-order valence-corrected chi connectivity index (χ1v) is 19.1. The molecular weight excluding hydrogens is 675 g/mol. The quantitative estimate of drug-likeness (QED) is 0.0971. The lowest BCUT2D eigenvalue weighted by Gasteiger charge is -2.22. The van der Waals surface area contributed by atoms with Crippen LogP contribution in [0.1, 0.15) is 40.7 Å². The number of nitrogen functional groups attached to an aromatic ring is 1. The molecule has 3 aromatic rings. The van der Waals surface area contributed by atoms with E-state index in [1.165, 1.54) is 38.8 Å². The van der Waals surface area contributed by atoms with Crippen molar-refractivity contribution < 1.29 is 60.7 Å². The Hall–Kier alpha value is -1.89. The van der Waals surface area contributed by atoms with Crippen LogP contribution in [0.5, 0.6) is 0 Å². The van der Waals surface area contributed by atoms with Crippen LogP contribution in [-0.4, -0.2) is 70.1 Å². The van der Waals surface area contributed by atoms with Crippen molar-refractivity contribution in [3.63, 3.8) is 0 Å². The molecule has 6 atom stereocenters. The van der Waals surface area contributed by atoms with E-state index in [0.29, 0.717) is 5.56 Å². The highest BCUT2D eigenvalue weighted by Gasteiger charge is 2.44. The molecule has 3 heterocycles. The second kappa shape index (κ2) is 13.6. The average Bonchev–Trinajstić information content (AvgIpc) is 3.50. The summed E-state index contributed by atoms with van der Waals surface area (Å²) in [5.41, 5.74) is 7.40. The van der Waals surface area contributed by atoms with Gasteiger partial charge in [0.15, 0.2) is 11.5 Å². The number of fused-ring (bicyclic) bond motifs is 1. The van der Waals surface area contributed by atoms with Gasteiger partial charge in [0.1, 0.15) is 30.3 Å². The van der Waals surface area contributed by atoms with Gasteiger partial charge >= 0.3 is 29.4 Å². The fourth-order valence-electron chi connectivity index (χ4n) is 4.13. The summed E-state index contributed by atoms with van der Waals surface area (Å²) >= 11 is 0. The molecule has 0 saturated carbocycles. The second-order valence-electron chi connectivity index (χ2n) is 8.77. The van der Waals surface area contributed by atoms with Gasteiger partial charge in [0.25, 0.3) is 0 Å². The number of carbonyl (C=O) groups excluding carboxylic acids is 1. The van der Waals surface area contributed by atoms with Crippen molar-refractivity contribution in [1.29, 1.82) is 0 Å². The minimum atomic E-state index is -5.75. The number of nitrogens with zero attached hydrogens (tertiary/aromatic N) is 4. The largest absolute Gasteiger partial charge is 0.490 e. The Morgan fingerprint density at radius 1 is 1.14 bits per heavy atom. The van der Waals surface area contributed by atoms with Gasteiger partial charge < -0.3 is 34.8 Å². The zero-order valence-corrected chi connectivity index (χ0v) is 26.5. The van der Waals surface area contributed by atoms with Crippen molar-refractivity contribution in [2.45, 2.75) is 37.0 Å². The highest BCUT2D eigenvalue weighted by Crippen LogP contribution is 2.66. The summed E-state index contributed by atoms with van der Waals surface area (Å²) < 4.78 is 60.5. The number of ether oxygens (including phenoxy) is 2. The summed E-state index contributed by atoms with van der Waals surface area (Å²) in [6.45, 7) is 1.08. The van der Waals surface area contributed by atoms with Gasteiger partial charge in [-0.2, -0.15) is 8.62 Å². The Labute approximate surface area is 251 Å². The zero-order chi connectivity index (χ0) is 31.6. The molecule has 1 aromatic carbocycles. The molecule has 0 amide bonds. The molecule has 6 N–H and O–H groups in total. The Bertz CT molecular complexity index is 1620. The minimum absolute atomic E-state index is 0.0250. The number of anilines is 1. The van der Waals surface area contributed by atoms with E-state index in [1.807, 2.05) is 13.2 Å². The van der Waals surface area contributed by atoms with Gasteiger partial charge in [-0.1, -0.05) is 39.8 Å². The monoisotopic (exact) mass is 701 g/mol. The number of phosphoric ester groups is 1. The number of rotatable bonds is 13. The second-order valence-corrected chi connectivity index (χ2v) is 16.0. The topological polar surface area (TPSA) is 265 Å². The molecule has 1 saturated heterocycles. The minimum Gasteiger partial charge on any atom is -0.456 e. The maximum absolute atomic E-state index is 13.4. The Kier molecular flexibility index (Phi) is 10.8. The average molecular weight is 702 g/mol. The first kappa shape index (κ1) is 34.0. The van der Waals surface area contributed by atoms with E-state index < -0.39 is 54.5 Å². The highest BCUT2D eigenvalue weighted by atomic mass is 33.1. The van der Waals surface area contributed by atoms with E-state index in [9.17, 15) is 28.3 Å². The van der Waals surface area contributed by atoms with Gasteiger partial charge in [-0.05, 0) is 24.8 Å². The molecule has 1 fully saturated rings. The number of hydrogen-bond acceptors (Lipinski definition) is 15. The van der Waals surface area contributed by atoms with Crippen LogP contribution < -0.4 is 5.73 Å². The van der Waals surface area contributed by atoms with E-state index in [-0.39, 0.29) is 34.2 Å². The van der Waals surface area contributed by atoms with E-state index in [2.05, 4.69) is 23.6 Å². The third-order valence-electron chi connectivity index (χ3n) is 5.81. The number of aromatic nitrogens is 4. The SMILES string of the molecule is CSSC(C)c1ccccc1C(=O)O[C@@H]1C[C@H](n2cnc3c(N)ncnc32)O[C@@H]1COP(=O)(O)OP(=O)(O)OP(=O)(O)O. The Balaban J connectivity index is 1.57. The third-order valence-corrected chi connectivity index (χ3v) is 11.8. The fraction of sp³-hybridized carbons (Fsp3) is 0.400. The summed E-state index contributed by atoms with van der Waals surface area (Å²) in [6, 6.07) is 6.82. The number of esters is 1. The molecule has 43 heavy (non-hydrogen) atoms. The lowest BCUT2D eigenvalue weighted by Crippen LogP contribution is -2.31. The highest BCUT2D eigenvalue weighted by molar-refractivity contribution is 8.76. The maximum Gasteiger partial charge on any atom is 0.490 e. The van der Waals surface area contributed by atoms with Crippen molar-refractivity contribution in [2.75, 3.05) is 18.6 Å². The molecule has 0 aliphatic carbocycles. The number of benzene rings is 1. The molecule has 0 bridgehead atoms. The molecule has 236 valence electrons. The molecule has 4 rings (SSSR count). The Morgan fingerprint density at radius 3 is 2.56 bits per heavy atom. The maximum atomic E-state index is 13.4. The fourth-order valence-corrected chi connectivity index (χ4v) is 8.94. The molecule has 1 aliphatic rings. The number of nitrogens with two attached hydrogens (primary N) is 1. The summed E-state index contributed by atoms with van der Waals surface area (Å²) in [7, 11) is -13.8. The van der Waals surface area contributed by atoms with Gasteiger partial charge in [-0.25, -0.2) is 33.4 Å². The van der Waals surface area contributed by atoms with Crippen LogP contribution in [0.25, 0.3) is 11.2 Å². The molecule has 2 aromatic heterocycles. The molecule has 0 radical (unpaired) electrons. The van der Waals surface area contributed by atoms with Crippen LogP contribution in [-0.2, 0) is 36.3 Å². The van der Waals surface area contributed by atoms with Crippen molar-refractivity contribution in [3.05, 3.63) is 48.0 Å². The van der Waals surface area contributed by atoms with Crippen LogP contribution in [0.4, 0.5) is 5.82 Å². The first-order chi connectivity index (χ1) is 20.1. The molecule has 23 heteroatoms. The predicted octanol–water partition coefficient (Wildman–Crippen LogP) is 3.34. The summed E-state index contributed by atoms with van der Waals surface area (Å²) in [5, 5.41) is -0.0742. The van der Waals surface area contributed by atoms with Crippen LogP contribution in [0.15, 0.2) is 36.9 Å². The van der Waals surface area contributed by atoms with Gasteiger partial charge in [-0.3, -0.25) is 9.09 Å². The Morgan fingerprint density at radius 2 is 1.86 bits per heavy atom. The summed E-state index contributed by atoms with van der Waals surface area (Å²) in [5.74, 6) is -0.619. The van der Waals surface area contributed by atoms with Gasteiger partial charge in [0.05, 0.1) is 18.5 Å². The van der Waals surface area contributed by atoms with Gasteiger partial charge in [-0.15, -0.1) is 0 Å². The summed E-state index contributed by atoms with van der Waals surface area (Å²) in [4.78, 5) is 62.4. The number of phosphoric acid groups is 3. The lowest BCUT2D eigenvalue weighted by molar-refractivity contribution is -0.0490. The first-order valence-electron chi connectivity index (χ1n) is 12.0. The van der Waals surface area contributed by atoms with Crippen LogP contribution in [0.3, 0.4) is 0 Å².